The van der Waals surface area contributed by atoms with Gasteiger partial charge in [0.25, 0.3) is 0 Å². The highest BCUT2D eigenvalue weighted by molar-refractivity contribution is 5.61. The van der Waals surface area contributed by atoms with Gasteiger partial charge < -0.3 is 15.3 Å². The molecule has 2 aliphatic rings. The number of aliphatic hydroxyl groups is 1. The molecule has 0 saturated carbocycles. The Hall–Kier alpha value is -2.15. The van der Waals surface area contributed by atoms with Crippen LogP contribution in [0.4, 0.5) is 17.6 Å². The Morgan fingerprint density at radius 1 is 1.33 bits per heavy atom. The van der Waals surface area contributed by atoms with Crippen LogP contribution >= 0.6 is 0 Å². The first-order chi connectivity index (χ1) is 11.6. The van der Waals surface area contributed by atoms with E-state index in [0.717, 1.165) is 42.3 Å². The Morgan fingerprint density at radius 3 is 2.92 bits per heavy atom. The fourth-order valence-corrected chi connectivity index (χ4v) is 3.26. The third-order valence-electron chi connectivity index (χ3n) is 4.65. The minimum absolute atomic E-state index is 0.335. The van der Waals surface area contributed by atoms with E-state index in [1.165, 1.54) is 5.56 Å². The maximum absolute atomic E-state index is 9.76. The van der Waals surface area contributed by atoms with Crippen LogP contribution in [-0.2, 0) is 12.8 Å². The molecule has 1 unspecified atom stereocenters. The number of aryl methyl sites for hydroxylation is 1. The summed E-state index contributed by atoms with van der Waals surface area (Å²) >= 11 is 0. The molecule has 1 atom stereocenters. The number of aliphatic hydroxyl groups excluding tert-OH is 1. The van der Waals surface area contributed by atoms with Crippen molar-refractivity contribution < 1.29 is 5.11 Å². The number of aromatic nitrogens is 4. The van der Waals surface area contributed by atoms with Gasteiger partial charge in [-0.25, -0.2) is 4.98 Å². The molecule has 1 radical (unpaired) electrons. The highest BCUT2D eigenvalue weighted by Crippen LogP contribution is 2.32. The van der Waals surface area contributed by atoms with Gasteiger partial charge in [-0.1, -0.05) is 13.8 Å². The lowest BCUT2D eigenvalue weighted by atomic mass is 10.1. The zero-order valence-corrected chi connectivity index (χ0v) is 14.1. The molecule has 2 aromatic heterocycles. The standard InChI is InChI=1S/C17H23N6O/c1-10(2)14-8-15(22-21-14)19-16-12-4-3-5-13(12)18-17(20-16)23-7-6-11(24)9-23/h7-8,10-11,24H,3-6,9H2,1-2H3,(H2,18,19,20,21,22). The van der Waals surface area contributed by atoms with Crippen molar-refractivity contribution in [1.29, 1.82) is 0 Å². The average Bonchev–Trinajstić information content (AvgIpc) is 3.26. The summed E-state index contributed by atoms with van der Waals surface area (Å²) in [6.45, 7) is 6.78. The molecule has 1 aliphatic carbocycles. The number of β-amino-alcohol motifs (C(OH)–C–C–N with tert-alkyl or cyclic N) is 1. The van der Waals surface area contributed by atoms with E-state index in [1.54, 1.807) is 0 Å². The Balaban J connectivity index is 1.64. The highest BCUT2D eigenvalue weighted by Gasteiger charge is 2.26. The minimum Gasteiger partial charge on any atom is -0.391 e. The van der Waals surface area contributed by atoms with Gasteiger partial charge in [0, 0.05) is 23.9 Å². The SMILES string of the molecule is CC(C)c1cc(Nc2nc(N3[CH]CC(O)C3)nc3c2CCC3)n[nH]1. The van der Waals surface area contributed by atoms with Gasteiger partial charge >= 0.3 is 0 Å². The zero-order chi connectivity index (χ0) is 16.7. The van der Waals surface area contributed by atoms with Crippen molar-refractivity contribution in [3.8, 4) is 0 Å². The molecule has 0 aromatic carbocycles. The van der Waals surface area contributed by atoms with Crippen LogP contribution in [0.1, 0.15) is 49.6 Å². The van der Waals surface area contributed by atoms with Gasteiger partial charge in [-0.15, -0.1) is 0 Å². The number of rotatable bonds is 4. The van der Waals surface area contributed by atoms with Crippen molar-refractivity contribution in [1.82, 2.24) is 20.2 Å². The Labute approximate surface area is 141 Å². The zero-order valence-electron chi connectivity index (χ0n) is 14.1. The van der Waals surface area contributed by atoms with Gasteiger partial charge in [0.1, 0.15) is 5.82 Å². The average molecular weight is 327 g/mol. The van der Waals surface area contributed by atoms with E-state index in [1.807, 2.05) is 17.5 Å². The molecule has 7 nitrogen and oxygen atoms in total. The fraction of sp³-hybridized carbons (Fsp3) is 0.529. The lowest BCUT2D eigenvalue weighted by Gasteiger charge is -2.18. The molecule has 3 N–H and O–H groups in total. The summed E-state index contributed by atoms with van der Waals surface area (Å²) in [6.07, 6.45) is 3.39. The summed E-state index contributed by atoms with van der Waals surface area (Å²) in [5.41, 5.74) is 3.39. The van der Waals surface area contributed by atoms with Crippen LogP contribution in [-0.4, -0.2) is 37.9 Å². The number of hydrogen-bond donors (Lipinski definition) is 3. The van der Waals surface area contributed by atoms with Crippen molar-refractivity contribution in [2.24, 2.45) is 0 Å². The summed E-state index contributed by atoms with van der Waals surface area (Å²) in [5, 5.41) is 20.5. The van der Waals surface area contributed by atoms with Gasteiger partial charge in [-0.3, -0.25) is 5.10 Å². The summed E-state index contributed by atoms with van der Waals surface area (Å²) in [6, 6.07) is 2.03. The second-order valence-electron chi connectivity index (χ2n) is 6.86. The second kappa shape index (κ2) is 6.05. The molecule has 127 valence electrons. The Morgan fingerprint density at radius 2 is 2.21 bits per heavy atom. The number of nitrogens with zero attached hydrogens (tertiary/aromatic N) is 4. The smallest absolute Gasteiger partial charge is 0.227 e. The third-order valence-corrected chi connectivity index (χ3v) is 4.65. The first-order valence-electron chi connectivity index (χ1n) is 8.60. The molecule has 2 aromatic rings. The number of anilines is 3. The number of nitrogens with one attached hydrogen (secondary N) is 2. The molecule has 1 fully saturated rings. The molecule has 0 spiro atoms. The second-order valence-corrected chi connectivity index (χ2v) is 6.86. The van der Waals surface area contributed by atoms with E-state index in [0.29, 0.717) is 24.8 Å². The highest BCUT2D eigenvalue weighted by atomic mass is 16.3. The predicted molar refractivity (Wildman–Crippen MR) is 92.3 cm³/mol. The molecular formula is C17H23N6O. The van der Waals surface area contributed by atoms with Gasteiger partial charge in [-0.05, 0) is 31.6 Å². The summed E-state index contributed by atoms with van der Waals surface area (Å²) < 4.78 is 0. The molecule has 4 rings (SSSR count). The van der Waals surface area contributed by atoms with E-state index in [-0.39, 0.29) is 6.10 Å². The Bertz CT molecular complexity index is 741. The van der Waals surface area contributed by atoms with E-state index >= 15 is 0 Å². The van der Waals surface area contributed by atoms with Crippen molar-refractivity contribution in [3.05, 3.63) is 29.6 Å². The van der Waals surface area contributed by atoms with E-state index in [9.17, 15) is 5.11 Å². The molecule has 7 heteroatoms. The van der Waals surface area contributed by atoms with E-state index in [4.69, 9.17) is 9.97 Å². The predicted octanol–water partition coefficient (Wildman–Crippen LogP) is 2.29. The molecule has 0 amide bonds. The number of hydrogen-bond acceptors (Lipinski definition) is 6. The van der Waals surface area contributed by atoms with Gasteiger partial charge in [0.15, 0.2) is 5.82 Å². The van der Waals surface area contributed by atoms with E-state index < -0.39 is 0 Å². The maximum Gasteiger partial charge on any atom is 0.227 e. The lowest BCUT2D eigenvalue weighted by Crippen LogP contribution is -2.22. The lowest BCUT2D eigenvalue weighted by molar-refractivity contribution is 0.200. The van der Waals surface area contributed by atoms with Crippen LogP contribution in [0.5, 0.6) is 0 Å². The van der Waals surface area contributed by atoms with Gasteiger partial charge in [-0.2, -0.15) is 10.1 Å². The Kier molecular flexibility index (Phi) is 3.88. The molecule has 24 heavy (non-hydrogen) atoms. The summed E-state index contributed by atoms with van der Waals surface area (Å²) in [5.74, 6) is 2.68. The summed E-state index contributed by atoms with van der Waals surface area (Å²) in [4.78, 5) is 11.4. The van der Waals surface area contributed by atoms with Gasteiger partial charge in [0.05, 0.1) is 18.3 Å². The van der Waals surface area contributed by atoms with Crippen LogP contribution < -0.4 is 10.2 Å². The maximum atomic E-state index is 9.76. The third kappa shape index (κ3) is 2.84. The summed E-state index contributed by atoms with van der Waals surface area (Å²) in [7, 11) is 0. The quantitative estimate of drug-likeness (QED) is 0.798. The van der Waals surface area contributed by atoms with Crippen LogP contribution in [0.2, 0.25) is 0 Å². The first-order valence-corrected chi connectivity index (χ1v) is 8.60. The van der Waals surface area contributed by atoms with Crippen molar-refractivity contribution in [2.45, 2.75) is 51.6 Å². The minimum atomic E-state index is -0.335. The van der Waals surface area contributed by atoms with Crippen molar-refractivity contribution in [2.75, 3.05) is 16.8 Å². The normalized spacial score (nSPS) is 20.0. The number of fused-ring (bicyclic) bond motifs is 1. The molecule has 0 bridgehead atoms. The largest absolute Gasteiger partial charge is 0.391 e. The van der Waals surface area contributed by atoms with Crippen LogP contribution in [0, 0.1) is 6.54 Å². The molecule has 1 aliphatic heterocycles. The number of aromatic amines is 1. The number of H-pyrrole nitrogens is 1. The molecular weight excluding hydrogens is 304 g/mol. The fourth-order valence-electron chi connectivity index (χ4n) is 3.26. The van der Waals surface area contributed by atoms with Crippen LogP contribution in [0.3, 0.4) is 0 Å². The molecule has 1 saturated heterocycles. The van der Waals surface area contributed by atoms with Gasteiger partial charge in [0.2, 0.25) is 5.95 Å². The van der Waals surface area contributed by atoms with E-state index in [2.05, 4.69) is 29.4 Å². The molecule has 3 heterocycles. The first kappa shape index (κ1) is 15.4. The van der Waals surface area contributed by atoms with Crippen LogP contribution in [0.25, 0.3) is 0 Å². The van der Waals surface area contributed by atoms with Crippen molar-refractivity contribution >= 4 is 17.6 Å². The topological polar surface area (TPSA) is 90.0 Å². The van der Waals surface area contributed by atoms with Crippen molar-refractivity contribution in [3.63, 3.8) is 0 Å². The van der Waals surface area contributed by atoms with Crippen LogP contribution in [0.15, 0.2) is 6.07 Å². The monoisotopic (exact) mass is 327 g/mol.